The van der Waals surface area contributed by atoms with Crippen LogP contribution in [0.4, 0.5) is 10.1 Å². The van der Waals surface area contributed by atoms with Crippen molar-refractivity contribution in [2.45, 2.75) is 37.7 Å². The van der Waals surface area contributed by atoms with Gasteiger partial charge in [-0.3, -0.25) is 0 Å². The van der Waals surface area contributed by atoms with Crippen molar-refractivity contribution in [2.24, 2.45) is 0 Å². The van der Waals surface area contributed by atoms with Gasteiger partial charge < -0.3 is 10.5 Å². The molecule has 0 spiro atoms. The second-order valence-corrected chi connectivity index (χ2v) is 7.16. The molecule has 0 aliphatic carbocycles. The van der Waals surface area contributed by atoms with Gasteiger partial charge in [-0.05, 0) is 44.4 Å². The SMILES string of the molecule is CCOC1CCCN(S(=O)(=O)c2cc(C)c(F)c(N)c2)C1. The summed E-state index contributed by atoms with van der Waals surface area (Å²) in [5.74, 6) is -0.570. The molecule has 1 atom stereocenters. The van der Waals surface area contributed by atoms with E-state index in [2.05, 4.69) is 0 Å². The second-order valence-electron chi connectivity index (χ2n) is 5.23. The average molecular weight is 316 g/mol. The van der Waals surface area contributed by atoms with Crippen molar-refractivity contribution < 1.29 is 17.5 Å². The van der Waals surface area contributed by atoms with Gasteiger partial charge in [-0.25, -0.2) is 12.8 Å². The van der Waals surface area contributed by atoms with Crippen molar-refractivity contribution >= 4 is 15.7 Å². The third kappa shape index (κ3) is 3.36. The summed E-state index contributed by atoms with van der Waals surface area (Å²) in [6.07, 6.45) is 1.52. The van der Waals surface area contributed by atoms with Crippen LogP contribution in [0.3, 0.4) is 0 Å². The van der Waals surface area contributed by atoms with Crippen molar-refractivity contribution in [1.29, 1.82) is 0 Å². The number of nitrogen functional groups attached to an aromatic ring is 1. The Morgan fingerprint density at radius 3 is 2.81 bits per heavy atom. The maximum atomic E-state index is 13.6. The van der Waals surface area contributed by atoms with E-state index in [9.17, 15) is 12.8 Å². The molecular weight excluding hydrogens is 295 g/mol. The Morgan fingerprint density at radius 1 is 1.48 bits per heavy atom. The molecular formula is C14H21FN2O3S. The van der Waals surface area contributed by atoms with E-state index in [-0.39, 0.29) is 22.3 Å². The number of piperidine rings is 1. The molecule has 1 fully saturated rings. The van der Waals surface area contributed by atoms with Crippen LogP contribution in [0.15, 0.2) is 17.0 Å². The Morgan fingerprint density at radius 2 is 2.19 bits per heavy atom. The van der Waals surface area contributed by atoms with Crippen molar-refractivity contribution in [1.82, 2.24) is 4.31 Å². The summed E-state index contributed by atoms with van der Waals surface area (Å²) in [6, 6.07) is 2.51. The molecule has 21 heavy (non-hydrogen) atoms. The molecule has 1 aliphatic rings. The quantitative estimate of drug-likeness (QED) is 0.861. The van der Waals surface area contributed by atoms with E-state index in [4.69, 9.17) is 10.5 Å². The summed E-state index contributed by atoms with van der Waals surface area (Å²) >= 11 is 0. The fraction of sp³-hybridized carbons (Fsp3) is 0.571. The van der Waals surface area contributed by atoms with Crippen LogP contribution in [0.25, 0.3) is 0 Å². The summed E-state index contributed by atoms with van der Waals surface area (Å²) in [7, 11) is -3.67. The predicted molar refractivity (Wildman–Crippen MR) is 79.0 cm³/mol. The highest BCUT2D eigenvalue weighted by Gasteiger charge is 2.31. The molecule has 0 bridgehead atoms. The van der Waals surface area contributed by atoms with Crippen LogP contribution in [0.5, 0.6) is 0 Å². The van der Waals surface area contributed by atoms with Gasteiger partial charge in [-0.1, -0.05) is 0 Å². The number of halogens is 1. The van der Waals surface area contributed by atoms with Crippen LogP contribution >= 0.6 is 0 Å². The molecule has 0 saturated carbocycles. The van der Waals surface area contributed by atoms with Crippen LogP contribution in [0.1, 0.15) is 25.3 Å². The fourth-order valence-electron chi connectivity index (χ4n) is 2.56. The first-order valence-electron chi connectivity index (χ1n) is 7.03. The summed E-state index contributed by atoms with van der Waals surface area (Å²) < 4.78 is 45.8. The molecule has 1 heterocycles. The van der Waals surface area contributed by atoms with Crippen LogP contribution < -0.4 is 5.73 Å². The van der Waals surface area contributed by atoms with Crippen molar-refractivity contribution in [3.05, 3.63) is 23.5 Å². The molecule has 1 unspecified atom stereocenters. The number of benzene rings is 1. The third-order valence-corrected chi connectivity index (χ3v) is 5.48. The second kappa shape index (κ2) is 6.29. The Balaban J connectivity index is 2.29. The number of sulfonamides is 1. The van der Waals surface area contributed by atoms with Gasteiger partial charge in [0.2, 0.25) is 10.0 Å². The molecule has 7 heteroatoms. The molecule has 1 saturated heterocycles. The highest BCUT2D eigenvalue weighted by Crippen LogP contribution is 2.26. The number of aryl methyl sites for hydroxylation is 1. The normalized spacial score (nSPS) is 20.6. The van der Waals surface area contributed by atoms with Crippen molar-refractivity contribution in [3.8, 4) is 0 Å². The van der Waals surface area contributed by atoms with Crippen molar-refractivity contribution in [2.75, 3.05) is 25.4 Å². The third-order valence-electron chi connectivity index (χ3n) is 3.64. The maximum Gasteiger partial charge on any atom is 0.243 e. The first kappa shape index (κ1) is 16.2. The molecule has 0 amide bonds. The van der Waals surface area contributed by atoms with Gasteiger partial charge in [0.1, 0.15) is 5.82 Å². The highest BCUT2D eigenvalue weighted by molar-refractivity contribution is 7.89. The van der Waals surface area contributed by atoms with E-state index in [0.29, 0.717) is 19.7 Å². The first-order valence-corrected chi connectivity index (χ1v) is 8.47. The Bertz CT molecular complexity index is 594. The standard InChI is InChI=1S/C14H21FN2O3S/c1-3-20-11-5-4-6-17(9-11)21(18,19)12-7-10(2)14(15)13(16)8-12/h7-8,11H,3-6,9,16H2,1-2H3. The molecule has 2 rings (SSSR count). The molecule has 0 aromatic heterocycles. The lowest BCUT2D eigenvalue weighted by atomic mass is 10.1. The van der Waals surface area contributed by atoms with Gasteiger partial charge in [0, 0.05) is 19.7 Å². The van der Waals surface area contributed by atoms with E-state index in [0.717, 1.165) is 12.8 Å². The lowest BCUT2D eigenvalue weighted by molar-refractivity contribution is 0.0265. The highest BCUT2D eigenvalue weighted by atomic mass is 32.2. The number of hydrogen-bond acceptors (Lipinski definition) is 4. The van der Waals surface area contributed by atoms with Gasteiger partial charge >= 0.3 is 0 Å². The maximum absolute atomic E-state index is 13.6. The van der Waals surface area contributed by atoms with E-state index in [1.165, 1.54) is 23.4 Å². The van der Waals surface area contributed by atoms with E-state index >= 15 is 0 Å². The van der Waals surface area contributed by atoms with Gasteiger partial charge in [0.25, 0.3) is 0 Å². The minimum atomic E-state index is -3.67. The Labute approximate surface area is 124 Å². The van der Waals surface area contributed by atoms with Crippen LogP contribution in [0.2, 0.25) is 0 Å². The summed E-state index contributed by atoms with van der Waals surface area (Å²) in [4.78, 5) is 0.0380. The molecule has 1 aliphatic heterocycles. The molecule has 5 nitrogen and oxygen atoms in total. The van der Waals surface area contributed by atoms with Crippen LogP contribution in [0, 0.1) is 12.7 Å². The molecule has 1 aromatic carbocycles. The molecule has 118 valence electrons. The number of anilines is 1. The Hall–Kier alpha value is -1.18. The lowest BCUT2D eigenvalue weighted by Crippen LogP contribution is -2.43. The zero-order valence-electron chi connectivity index (χ0n) is 12.3. The number of nitrogens with two attached hydrogens (primary N) is 1. The van der Waals surface area contributed by atoms with Gasteiger partial charge in [-0.2, -0.15) is 4.31 Å². The number of nitrogens with zero attached hydrogens (tertiary/aromatic N) is 1. The first-order chi connectivity index (χ1) is 9.86. The predicted octanol–water partition coefficient (Wildman–Crippen LogP) is 1.91. The Kier molecular flexibility index (Phi) is 4.85. The van der Waals surface area contributed by atoms with Crippen molar-refractivity contribution in [3.63, 3.8) is 0 Å². The summed E-state index contributed by atoms with van der Waals surface area (Å²) in [6.45, 7) is 4.72. The van der Waals surface area contributed by atoms with E-state index in [1.807, 2.05) is 6.92 Å². The molecule has 2 N–H and O–H groups in total. The van der Waals surface area contributed by atoms with E-state index < -0.39 is 15.8 Å². The summed E-state index contributed by atoms with van der Waals surface area (Å²) in [5, 5.41) is 0. The van der Waals surface area contributed by atoms with Crippen LogP contribution in [-0.4, -0.2) is 38.5 Å². The number of rotatable bonds is 4. The fourth-order valence-corrected chi connectivity index (χ4v) is 4.19. The molecule has 1 aromatic rings. The molecule has 0 radical (unpaired) electrons. The minimum Gasteiger partial charge on any atom is -0.396 e. The van der Waals surface area contributed by atoms with E-state index in [1.54, 1.807) is 0 Å². The number of ether oxygens (including phenoxy) is 1. The number of hydrogen-bond donors (Lipinski definition) is 1. The topological polar surface area (TPSA) is 72.6 Å². The summed E-state index contributed by atoms with van der Waals surface area (Å²) in [5.41, 5.74) is 5.62. The average Bonchev–Trinajstić information content (AvgIpc) is 2.45. The van der Waals surface area contributed by atoms with Gasteiger partial charge in [-0.15, -0.1) is 0 Å². The monoisotopic (exact) mass is 316 g/mol. The zero-order chi connectivity index (χ0) is 15.6. The van der Waals surface area contributed by atoms with Crippen LogP contribution in [-0.2, 0) is 14.8 Å². The minimum absolute atomic E-state index is 0.0380. The smallest absolute Gasteiger partial charge is 0.243 e. The largest absolute Gasteiger partial charge is 0.396 e. The lowest BCUT2D eigenvalue weighted by Gasteiger charge is -2.31. The zero-order valence-corrected chi connectivity index (χ0v) is 13.1. The van der Waals surface area contributed by atoms with Gasteiger partial charge in [0.05, 0.1) is 16.7 Å². The van der Waals surface area contributed by atoms with Gasteiger partial charge in [0.15, 0.2) is 0 Å².